The summed E-state index contributed by atoms with van der Waals surface area (Å²) >= 11 is 0. The van der Waals surface area contributed by atoms with Crippen molar-refractivity contribution in [3.8, 4) is 5.75 Å². The maximum Gasteiger partial charge on any atom is 0.124 e. The van der Waals surface area contributed by atoms with E-state index in [9.17, 15) is 0 Å². The van der Waals surface area contributed by atoms with Crippen molar-refractivity contribution in [1.82, 2.24) is 15.1 Å². The standard InChI is InChI=1S/C19H31N3O2/c1-3-24-15-17-12-16(4-5-19(17)23-2)14-21-8-10-22(11-9-21)18-6-7-20-13-18/h4-5,12,18,20H,3,6-11,13-15H2,1-2H3/t18-/m1/s1. The topological polar surface area (TPSA) is 37.0 Å². The predicted molar refractivity (Wildman–Crippen MR) is 96.4 cm³/mol. The minimum Gasteiger partial charge on any atom is -0.496 e. The molecule has 2 aliphatic heterocycles. The van der Waals surface area contributed by atoms with Gasteiger partial charge in [-0.1, -0.05) is 6.07 Å². The molecule has 0 spiro atoms. The summed E-state index contributed by atoms with van der Waals surface area (Å²) in [6, 6.07) is 7.25. The van der Waals surface area contributed by atoms with Crippen LogP contribution in [0.15, 0.2) is 18.2 Å². The summed E-state index contributed by atoms with van der Waals surface area (Å²) in [5.74, 6) is 0.922. The van der Waals surface area contributed by atoms with Crippen molar-refractivity contribution in [3.63, 3.8) is 0 Å². The number of rotatable bonds is 7. The molecule has 2 aliphatic rings. The van der Waals surface area contributed by atoms with Gasteiger partial charge in [0.25, 0.3) is 0 Å². The zero-order valence-corrected chi connectivity index (χ0v) is 15.1. The SMILES string of the molecule is CCOCc1cc(CN2CCN([C@@H]3CCNC3)CC2)ccc1OC. The smallest absolute Gasteiger partial charge is 0.124 e. The molecule has 5 nitrogen and oxygen atoms in total. The van der Waals surface area contributed by atoms with Crippen molar-refractivity contribution < 1.29 is 9.47 Å². The predicted octanol–water partition coefficient (Wildman–Crippen LogP) is 1.71. The van der Waals surface area contributed by atoms with Gasteiger partial charge in [0, 0.05) is 57.5 Å². The summed E-state index contributed by atoms with van der Waals surface area (Å²) in [5.41, 5.74) is 2.49. The molecule has 3 rings (SSSR count). The first-order valence-corrected chi connectivity index (χ1v) is 9.20. The first-order valence-electron chi connectivity index (χ1n) is 9.20. The van der Waals surface area contributed by atoms with Crippen LogP contribution in [-0.4, -0.2) is 68.8 Å². The van der Waals surface area contributed by atoms with E-state index in [1.165, 1.54) is 38.2 Å². The van der Waals surface area contributed by atoms with E-state index >= 15 is 0 Å². The van der Waals surface area contributed by atoms with E-state index in [-0.39, 0.29) is 0 Å². The Hall–Kier alpha value is -1.14. The van der Waals surface area contributed by atoms with Crippen molar-refractivity contribution in [2.24, 2.45) is 0 Å². The first-order chi connectivity index (χ1) is 11.8. The average molecular weight is 333 g/mol. The number of benzene rings is 1. The molecule has 0 aliphatic carbocycles. The number of ether oxygens (including phenoxy) is 2. The number of nitrogens with one attached hydrogen (secondary N) is 1. The third-order valence-electron chi connectivity index (χ3n) is 5.17. The minimum absolute atomic E-state index is 0.621. The van der Waals surface area contributed by atoms with E-state index in [1.807, 2.05) is 6.92 Å². The van der Waals surface area contributed by atoms with Crippen LogP contribution in [0.2, 0.25) is 0 Å². The number of hydrogen-bond donors (Lipinski definition) is 1. The number of hydrogen-bond acceptors (Lipinski definition) is 5. The van der Waals surface area contributed by atoms with E-state index < -0.39 is 0 Å². The Kier molecular flexibility index (Phi) is 6.49. The van der Waals surface area contributed by atoms with Gasteiger partial charge in [0.1, 0.15) is 5.75 Å². The average Bonchev–Trinajstić information content (AvgIpc) is 3.15. The molecule has 1 atom stereocenters. The molecule has 0 aromatic heterocycles. The Labute approximate surface area is 145 Å². The maximum atomic E-state index is 5.57. The molecule has 5 heteroatoms. The molecule has 0 unspecified atom stereocenters. The molecule has 1 aromatic carbocycles. The molecule has 1 N–H and O–H groups in total. The van der Waals surface area contributed by atoms with Crippen LogP contribution in [0, 0.1) is 0 Å². The highest BCUT2D eigenvalue weighted by atomic mass is 16.5. The van der Waals surface area contributed by atoms with Crippen LogP contribution in [0.5, 0.6) is 5.75 Å². The molecule has 0 radical (unpaired) electrons. The minimum atomic E-state index is 0.621. The molecular weight excluding hydrogens is 302 g/mol. The molecule has 2 heterocycles. The van der Waals surface area contributed by atoms with Crippen LogP contribution in [0.1, 0.15) is 24.5 Å². The number of nitrogens with zero attached hydrogens (tertiary/aromatic N) is 2. The summed E-state index contributed by atoms with van der Waals surface area (Å²) in [6.45, 7) is 11.4. The van der Waals surface area contributed by atoms with Crippen LogP contribution in [0.4, 0.5) is 0 Å². The summed E-state index contributed by atoms with van der Waals surface area (Å²) in [4.78, 5) is 5.22. The zero-order chi connectivity index (χ0) is 16.8. The van der Waals surface area contributed by atoms with E-state index in [0.29, 0.717) is 6.61 Å². The lowest BCUT2D eigenvalue weighted by molar-refractivity contribution is 0.0979. The Balaban J connectivity index is 1.54. The Morgan fingerprint density at radius 3 is 2.71 bits per heavy atom. The maximum absolute atomic E-state index is 5.57. The second-order valence-corrected chi connectivity index (χ2v) is 6.74. The van der Waals surface area contributed by atoms with Crippen molar-refractivity contribution in [2.75, 3.05) is 53.0 Å². The molecule has 134 valence electrons. The lowest BCUT2D eigenvalue weighted by atomic mass is 10.1. The molecule has 1 aromatic rings. The van der Waals surface area contributed by atoms with E-state index in [4.69, 9.17) is 9.47 Å². The highest BCUT2D eigenvalue weighted by Crippen LogP contribution is 2.22. The van der Waals surface area contributed by atoms with E-state index in [2.05, 4.69) is 33.3 Å². The van der Waals surface area contributed by atoms with Gasteiger partial charge in [0.15, 0.2) is 0 Å². The summed E-state index contributed by atoms with van der Waals surface area (Å²) in [5, 5.41) is 3.48. The molecule has 2 fully saturated rings. The van der Waals surface area contributed by atoms with Crippen LogP contribution >= 0.6 is 0 Å². The van der Waals surface area contributed by atoms with E-state index in [1.54, 1.807) is 7.11 Å². The van der Waals surface area contributed by atoms with Crippen molar-refractivity contribution in [3.05, 3.63) is 29.3 Å². The van der Waals surface area contributed by atoms with Crippen molar-refractivity contribution in [2.45, 2.75) is 32.5 Å². The number of piperazine rings is 1. The largest absolute Gasteiger partial charge is 0.496 e. The van der Waals surface area contributed by atoms with Gasteiger partial charge in [0.05, 0.1) is 13.7 Å². The Morgan fingerprint density at radius 2 is 2.04 bits per heavy atom. The van der Waals surface area contributed by atoms with E-state index in [0.717, 1.165) is 43.6 Å². The monoisotopic (exact) mass is 333 g/mol. The summed E-state index contributed by atoms with van der Waals surface area (Å²) in [6.07, 6.45) is 1.30. The fraction of sp³-hybridized carbons (Fsp3) is 0.684. The van der Waals surface area contributed by atoms with Gasteiger partial charge in [-0.2, -0.15) is 0 Å². The molecular formula is C19H31N3O2. The zero-order valence-electron chi connectivity index (χ0n) is 15.1. The fourth-order valence-electron chi connectivity index (χ4n) is 3.75. The molecule has 0 amide bonds. The third kappa shape index (κ3) is 4.48. The Bertz CT molecular complexity index is 509. The van der Waals surface area contributed by atoms with Gasteiger partial charge in [-0.15, -0.1) is 0 Å². The highest BCUT2D eigenvalue weighted by molar-refractivity contribution is 5.37. The normalized spacial score (nSPS) is 22.8. The molecule has 0 bridgehead atoms. The van der Waals surface area contributed by atoms with Crippen LogP contribution in [0.3, 0.4) is 0 Å². The number of methoxy groups -OCH3 is 1. The van der Waals surface area contributed by atoms with Gasteiger partial charge in [-0.3, -0.25) is 9.80 Å². The third-order valence-corrected chi connectivity index (χ3v) is 5.17. The second kappa shape index (κ2) is 8.81. The molecule has 0 saturated carbocycles. The quantitative estimate of drug-likeness (QED) is 0.822. The van der Waals surface area contributed by atoms with Gasteiger partial charge >= 0.3 is 0 Å². The van der Waals surface area contributed by atoms with Crippen molar-refractivity contribution in [1.29, 1.82) is 0 Å². The van der Waals surface area contributed by atoms with Crippen LogP contribution < -0.4 is 10.1 Å². The Morgan fingerprint density at radius 1 is 1.21 bits per heavy atom. The van der Waals surface area contributed by atoms with Gasteiger partial charge in [-0.25, -0.2) is 0 Å². The van der Waals surface area contributed by atoms with Gasteiger partial charge in [-0.05, 0) is 37.6 Å². The fourth-order valence-corrected chi connectivity index (χ4v) is 3.75. The highest BCUT2D eigenvalue weighted by Gasteiger charge is 2.25. The van der Waals surface area contributed by atoms with Crippen LogP contribution in [0.25, 0.3) is 0 Å². The molecule has 24 heavy (non-hydrogen) atoms. The summed E-state index contributed by atoms with van der Waals surface area (Å²) < 4.78 is 11.0. The van der Waals surface area contributed by atoms with Gasteiger partial charge < -0.3 is 14.8 Å². The van der Waals surface area contributed by atoms with Crippen LogP contribution in [-0.2, 0) is 17.9 Å². The van der Waals surface area contributed by atoms with Gasteiger partial charge in [0.2, 0.25) is 0 Å². The first kappa shape index (κ1) is 17.7. The van der Waals surface area contributed by atoms with Crippen molar-refractivity contribution >= 4 is 0 Å². The second-order valence-electron chi connectivity index (χ2n) is 6.74. The lowest BCUT2D eigenvalue weighted by Crippen LogP contribution is -2.50. The summed E-state index contributed by atoms with van der Waals surface area (Å²) in [7, 11) is 1.72. The lowest BCUT2D eigenvalue weighted by Gasteiger charge is -2.37. The molecule has 2 saturated heterocycles.